The van der Waals surface area contributed by atoms with Crippen molar-refractivity contribution in [1.82, 2.24) is 10.6 Å². The quantitative estimate of drug-likeness (QED) is 0.832. The van der Waals surface area contributed by atoms with Crippen LogP contribution in [0.2, 0.25) is 0 Å². The van der Waals surface area contributed by atoms with Gasteiger partial charge in [-0.05, 0) is 24.8 Å². The fourth-order valence-corrected chi connectivity index (χ4v) is 1.85. The molecule has 2 amide bonds. The minimum atomic E-state index is -0.146. The Morgan fingerprint density at radius 1 is 1.35 bits per heavy atom. The second-order valence-corrected chi connectivity index (χ2v) is 4.14. The normalized spacial score (nSPS) is 18.9. The maximum Gasteiger partial charge on any atom is 0.316 e. The van der Waals surface area contributed by atoms with E-state index in [1.807, 2.05) is 18.2 Å². The fraction of sp³-hybridized carbons (Fsp3) is 0.462. The van der Waals surface area contributed by atoms with Crippen LogP contribution in [-0.4, -0.2) is 25.4 Å². The molecule has 0 spiro atoms. The molecule has 2 rings (SSSR count). The first kappa shape index (κ1) is 11.9. The van der Waals surface area contributed by atoms with Crippen LogP contribution in [0.5, 0.6) is 0 Å². The number of hydrogen-bond acceptors (Lipinski definition) is 2. The van der Waals surface area contributed by atoms with Gasteiger partial charge in [-0.25, -0.2) is 4.79 Å². The lowest BCUT2D eigenvalue weighted by atomic mass is 10.1. The molecule has 1 atom stereocenters. The summed E-state index contributed by atoms with van der Waals surface area (Å²) in [6.45, 7) is 1.39. The first-order valence-electron chi connectivity index (χ1n) is 6.04. The summed E-state index contributed by atoms with van der Waals surface area (Å²) in [5.74, 6) is 0. The van der Waals surface area contributed by atoms with Crippen LogP contribution in [0.15, 0.2) is 30.3 Å². The number of nitrogens with one attached hydrogen (secondary N) is 2. The molecule has 1 aliphatic rings. The van der Waals surface area contributed by atoms with E-state index < -0.39 is 0 Å². The Morgan fingerprint density at radius 2 is 2.18 bits per heavy atom. The highest BCUT2D eigenvalue weighted by molar-refractivity contribution is 5.74. The van der Waals surface area contributed by atoms with Gasteiger partial charge in [0.25, 0.3) is 0 Å². The minimum absolute atomic E-state index is 0.105. The summed E-state index contributed by atoms with van der Waals surface area (Å²) in [5.41, 5.74) is 1.23. The zero-order valence-electron chi connectivity index (χ0n) is 9.82. The summed E-state index contributed by atoms with van der Waals surface area (Å²) in [6, 6.07) is 9.96. The lowest BCUT2D eigenvalue weighted by Crippen LogP contribution is -2.42. The first-order valence-corrected chi connectivity index (χ1v) is 6.04. The third kappa shape index (κ3) is 4.07. The van der Waals surface area contributed by atoms with Crippen molar-refractivity contribution in [3.63, 3.8) is 0 Å². The number of carbonyl (C=O) groups excluding carboxylic acids is 1. The van der Waals surface area contributed by atoms with E-state index >= 15 is 0 Å². The summed E-state index contributed by atoms with van der Waals surface area (Å²) in [5, 5.41) is 5.62. The van der Waals surface area contributed by atoms with Gasteiger partial charge in [-0.15, -0.1) is 0 Å². The molecule has 0 aliphatic carbocycles. The van der Waals surface area contributed by atoms with Crippen molar-refractivity contribution in [2.45, 2.75) is 25.5 Å². The van der Waals surface area contributed by atoms with Gasteiger partial charge in [0.2, 0.25) is 0 Å². The number of carbonyl (C=O) groups is 1. The maximum absolute atomic E-state index is 11.5. The van der Waals surface area contributed by atoms with Crippen LogP contribution in [0.3, 0.4) is 0 Å². The van der Waals surface area contributed by atoms with E-state index in [0.717, 1.165) is 25.9 Å². The number of urea groups is 1. The third-order valence-corrected chi connectivity index (χ3v) is 2.76. The van der Waals surface area contributed by atoms with Crippen molar-refractivity contribution in [1.29, 1.82) is 0 Å². The van der Waals surface area contributed by atoms with E-state index in [4.69, 9.17) is 4.74 Å². The van der Waals surface area contributed by atoms with Gasteiger partial charge in [-0.3, -0.25) is 0 Å². The summed E-state index contributed by atoms with van der Waals surface area (Å²) < 4.78 is 5.32. The van der Waals surface area contributed by atoms with E-state index in [0.29, 0.717) is 6.54 Å². The molecule has 1 fully saturated rings. The maximum atomic E-state index is 11.5. The van der Waals surface area contributed by atoms with Gasteiger partial charge >= 0.3 is 6.03 Å². The average molecular weight is 234 g/mol. The van der Waals surface area contributed by atoms with Crippen molar-refractivity contribution in [2.24, 2.45) is 0 Å². The van der Waals surface area contributed by atoms with Crippen LogP contribution in [-0.2, 0) is 11.2 Å². The zero-order chi connectivity index (χ0) is 11.9. The van der Waals surface area contributed by atoms with Crippen molar-refractivity contribution in [3.05, 3.63) is 35.9 Å². The summed E-state index contributed by atoms with van der Waals surface area (Å²) in [7, 11) is 0. The molecule has 4 nitrogen and oxygen atoms in total. The molecule has 2 N–H and O–H groups in total. The topological polar surface area (TPSA) is 50.4 Å². The molecule has 0 saturated carbocycles. The Bertz CT molecular complexity index is 348. The molecule has 0 aromatic heterocycles. The van der Waals surface area contributed by atoms with Gasteiger partial charge in [0.15, 0.2) is 0 Å². The summed E-state index contributed by atoms with van der Waals surface area (Å²) in [4.78, 5) is 11.5. The fourth-order valence-electron chi connectivity index (χ4n) is 1.85. The van der Waals surface area contributed by atoms with Crippen molar-refractivity contribution in [3.8, 4) is 0 Å². The molecule has 4 heteroatoms. The standard InChI is InChI=1S/C13H18N2O2/c16-13(15-12-7-4-10-17-12)14-9-8-11-5-2-1-3-6-11/h1-3,5-6,12H,4,7-10H2,(H2,14,15,16). The Balaban J connectivity index is 1.63. The molecule has 1 aromatic rings. The SMILES string of the molecule is O=C(NCCc1ccccc1)NC1CCCO1. The van der Waals surface area contributed by atoms with Gasteiger partial charge in [0.05, 0.1) is 0 Å². The van der Waals surface area contributed by atoms with Crippen LogP contribution in [0.1, 0.15) is 18.4 Å². The Morgan fingerprint density at radius 3 is 2.88 bits per heavy atom. The van der Waals surface area contributed by atoms with Gasteiger partial charge in [0.1, 0.15) is 6.23 Å². The monoisotopic (exact) mass is 234 g/mol. The molecule has 1 heterocycles. The number of hydrogen-bond donors (Lipinski definition) is 2. The second-order valence-electron chi connectivity index (χ2n) is 4.14. The van der Waals surface area contributed by atoms with Crippen LogP contribution < -0.4 is 10.6 Å². The van der Waals surface area contributed by atoms with Gasteiger partial charge in [-0.1, -0.05) is 30.3 Å². The first-order chi connectivity index (χ1) is 8.34. The highest BCUT2D eigenvalue weighted by Gasteiger charge is 2.16. The van der Waals surface area contributed by atoms with Gasteiger partial charge in [0, 0.05) is 13.2 Å². The lowest BCUT2D eigenvalue weighted by molar-refractivity contribution is 0.0908. The van der Waals surface area contributed by atoms with Crippen molar-refractivity contribution >= 4 is 6.03 Å². The molecule has 1 unspecified atom stereocenters. The van der Waals surface area contributed by atoms with E-state index in [1.54, 1.807) is 0 Å². The predicted octanol–water partition coefficient (Wildman–Crippen LogP) is 1.66. The van der Waals surface area contributed by atoms with Gasteiger partial charge in [-0.2, -0.15) is 0 Å². The third-order valence-electron chi connectivity index (χ3n) is 2.76. The molecule has 92 valence electrons. The molecule has 1 aliphatic heterocycles. The smallest absolute Gasteiger partial charge is 0.316 e. The molecule has 1 saturated heterocycles. The molecular weight excluding hydrogens is 216 g/mol. The minimum Gasteiger partial charge on any atom is -0.358 e. The van der Waals surface area contributed by atoms with E-state index in [1.165, 1.54) is 5.56 Å². The molecule has 0 bridgehead atoms. The van der Waals surface area contributed by atoms with Gasteiger partial charge < -0.3 is 15.4 Å². The Kier molecular flexibility index (Phi) is 4.38. The second kappa shape index (κ2) is 6.25. The Hall–Kier alpha value is -1.55. The number of rotatable bonds is 4. The van der Waals surface area contributed by atoms with Crippen molar-refractivity contribution in [2.75, 3.05) is 13.2 Å². The average Bonchev–Trinajstić information content (AvgIpc) is 2.83. The summed E-state index contributed by atoms with van der Waals surface area (Å²) >= 11 is 0. The van der Waals surface area contributed by atoms with Crippen LogP contribution >= 0.6 is 0 Å². The van der Waals surface area contributed by atoms with E-state index in [9.17, 15) is 4.79 Å². The number of ether oxygens (including phenoxy) is 1. The summed E-state index contributed by atoms with van der Waals surface area (Å²) in [6.07, 6.45) is 2.67. The number of benzene rings is 1. The van der Waals surface area contributed by atoms with Crippen LogP contribution in [0.25, 0.3) is 0 Å². The lowest BCUT2D eigenvalue weighted by Gasteiger charge is -2.12. The van der Waals surface area contributed by atoms with Crippen molar-refractivity contribution < 1.29 is 9.53 Å². The Labute approximate surface area is 101 Å². The number of amides is 2. The zero-order valence-corrected chi connectivity index (χ0v) is 9.82. The van der Waals surface area contributed by atoms with Crippen LogP contribution in [0, 0.1) is 0 Å². The molecular formula is C13H18N2O2. The van der Waals surface area contributed by atoms with E-state index in [2.05, 4.69) is 22.8 Å². The van der Waals surface area contributed by atoms with E-state index in [-0.39, 0.29) is 12.3 Å². The predicted molar refractivity (Wildman–Crippen MR) is 65.7 cm³/mol. The molecule has 1 aromatic carbocycles. The highest BCUT2D eigenvalue weighted by Crippen LogP contribution is 2.08. The highest BCUT2D eigenvalue weighted by atomic mass is 16.5. The largest absolute Gasteiger partial charge is 0.358 e. The van der Waals surface area contributed by atoms with Crippen LogP contribution in [0.4, 0.5) is 4.79 Å². The molecule has 0 radical (unpaired) electrons. The molecule has 17 heavy (non-hydrogen) atoms.